The summed E-state index contributed by atoms with van der Waals surface area (Å²) in [6.07, 6.45) is 7.28. The second kappa shape index (κ2) is 6.21. The van der Waals surface area contributed by atoms with Crippen LogP contribution >= 0.6 is 0 Å². The van der Waals surface area contributed by atoms with Crippen LogP contribution in [0.3, 0.4) is 0 Å². The van der Waals surface area contributed by atoms with E-state index in [2.05, 4.69) is 12.0 Å². The first-order valence-corrected chi connectivity index (χ1v) is 9.04. The number of ether oxygens (including phenoxy) is 1. The number of amides is 1. The van der Waals surface area contributed by atoms with Crippen LogP contribution in [0.15, 0.2) is 36.7 Å². The second-order valence-electron chi connectivity index (χ2n) is 7.38. The quantitative estimate of drug-likeness (QED) is 0.811. The largest absolute Gasteiger partial charge is 0.497 e. The van der Waals surface area contributed by atoms with Gasteiger partial charge in [0.15, 0.2) is 0 Å². The van der Waals surface area contributed by atoms with E-state index < -0.39 is 0 Å². The molecule has 5 heteroatoms. The van der Waals surface area contributed by atoms with Crippen LogP contribution in [0.25, 0.3) is 0 Å². The Morgan fingerprint density at radius 2 is 2.04 bits per heavy atom. The van der Waals surface area contributed by atoms with E-state index in [1.165, 1.54) is 18.4 Å². The van der Waals surface area contributed by atoms with Crippen molar-refractivity contribution in [2.24, 2.45) is 18.9 Å². The zero-order chi connectivity index (χ0) is 17.6. The maximum absolute atomic E-state index is 13.3. The number of methoxy groups -OCH3 is 1. The third-order valence-corrected chi connectivity index (χ3v) is 5.56. The summed E-state index contributed by atoms with van der Waals surface area (Å²) in [6, 6.07) is 8.10. The Morgan fingerprint density at radius 1 is 1.32 bits per heavy atom. The van der Waals surface area contributed by atoms with Gasteiger partial charge in [0.2, 0.25) is 5.91 Å². The summed E-state index contributed by atoms with van der Waals surface area (Å²) in [5, 5.41) is 4.24. The third kappa shape index (κ3) is 3.15. The Morgan fingerprint density at radius 3 is 2.60 bits per heavy atom. The Bertz CT molecular complexity index is 764. The van der Waals surface area contributed by atoms with Gasteiger partial charge < -0.3 is 9.64 Å². The normalized spacial score (nSPS) is 23.2. The third-order valence-electron chi connectivity index (χ3n) is 5.56. The molecular formula is C20H25N3O2. The average Bonchev–Trinajstić information content (AvgIpc) is 3.53. The van der Waals surface area contributed by atoms with Crippen molar-refractivity contribution in [1.82, 2.24) is 9.78 Å². The molecule has 132 valence electrons. The van der Waals surface area contributed by atoms with Gasteiger partial charge in [-0.15, -0.1) is 0 Å². The van der Waals surface area contributed by atoms with E-state index in [-0.39, 0.29) is 17.9 Å². The van der Waals surface area contributed by atoms with Crippen molar-refractivity contribution in [2.75, 3.05) is 12.0 Å². The van der Waals surface area contributed by atoms with Gasteiger partial charge in [0.25, 0.3) is 0 Å². The summed E-state index contributed by atoms with van der Waals surface area (Å²) in [6.45, 7) is 2.18. The van der Waals surface area contributed by atoms with Crippen molar-refractivity contribution in [2.45, 2.75) is 38.1 Å². The van der Waals surface area contributed by atoms with Gasteiger partial charge in [-0.25, -0.2) is 0 Å². The van der Waals surface area contributed by atoms with Crippen LogP contribution in [0.5, 0.6) is 5.75 Å². The molecule has 0 saturated heterocycles. The SMILES string of the molecule is COc1ccc(N(C(=O)[C@@H]2C[C@@H]2c2cnn(C)c2)[C@@H](C)C2CC2)cc1. The molecule has 3 atom stereocenters. The van der Waals surface area contributed by atoms with Crippen molar-refractivity contribution in [3.63, 3.8) is 0 Å². The monoisotopic (exact) mass is 339 g/mol. The van der Waals surface area contributed by atoms with Crippen LogP contribution in [0.1, 0.15) is 37.7 Å². The molecule has 0 radical (unpaired) electrons. The molecule has 0 spiro atoms. The first-order valence-electron chi connectivity index (χ1n) is 9.04. The molecule has 1 amide bonds. The van der Waals surface area contributed by atoms with E-state index in [1.54, 1.807) is 7.11 Å². The predicted molar refractivity (Wildman–Crippen MR) is 96.7 cm³/mol. The van der Waals surface area contributed by atoms with E-state index in [0.29, 0.717) is 11.8 Å². The van der Waals surface area contributed by atoms with Crippen molar-refractivity contribution in [3.05, 3.63) is 42.2 Å². The van der Waals surface area contributed by atoms with Gasteiger partial charge in [-0.05, 0) is 67.9 Å². The van der Waals surface area contributed by atoms with Gasteiger partial charge in [-0.1, -0.05) is 0 Å². The summed E-state index contributed by atoms with van der Waals surface area (Å²) in [4.78, 5) is 15.3. The molecule has 2 aliphatic rings. The Hall–Kier alpha value is -2.30. The lowest BCUT2D eigenvalue weighted by molar-refractivity contribution is -0.120. The molecule has 0 bridgehead atoms. The number of aryl methyl sites for hydroxylation is 1. The molecule has 1 aromatic carbocycles. The smallest absolute Gasteiger partial charge is 0.230 e. The highest BCUT2D eigenvalue weighted by Gasteiger charge is 2.48. The standard InChI is InChI=1S/C20H25N3O2/c1-13(14-4-5-14)23(16-6-8-17(25-3)9-7-16)20(24)19-10-18(19)15-11-21-22(2)12-15/h6-9,11-14,18-19H,4-5,10H2,1-3H3/t13-,18+,19+/m0/s1. The van der Waals surface area contributed by atoms with Crippen LogP contribution < -0.4 is 9.64 Å². The fourth-order valence-corrected chi connectivity index (χ4v) is 3.74. The first kappa shape index (κ1) is 16.2. The Balaban J connectivity index is 1.56. The lowest BCUT2D eigenvalue weighted by Gasteiger charge is -2.30. The number of carbonyl (C=O) groups excluding carboxylic acids is 1. The van der Waals surface area contributed by atoms with Gasteiger partial charge in [0, 0.05) is 30.9 Å². The number of rotatable bonds is 6. The maximum atomic E-state index is 13.3. The molecule has 2 aromatic rings. The highest BCUT2D eigenvalue weighted by Crippen LogP contribution is 2.50. The van der Waals surface area contributed by atoms with Gasteiger partial charge in [0.1, 0.15) is 5.75 Å². The van der Waals surface area contributed by atoms with E-state index in [0.717, 1.165) is 17.9 Å². The molecule has 1 heterocycles. The van der Waals surface area contributed by atoms with E-state index in [1.807, 2.05) is 53.3 Å². The molecule has 1 aromatic heterocycles. The average molecular weight is 339 g/mol. The number of anilines is 1. The van der Waals surface area contributed by atoms with Crippen molar-refractivity contribution in [1.29, 1.82) is 0 Å². The molecule has 25 heavy (non-hydrogen) atoms. The maximum Gasteiger partial charge on any atom is 0.230 e. The summed E-state index contributed by atoms with van der Waals surface area (Å²) >= 11 is 0. The molecule has 2 aliphatic carbocycles. The molecule has 0 aliphatic heterocycles. The molecule has 0 N–H and O–H groups in total. The van der Waals surface area contributed by atoms with Crippen LogP contribution in [-0.4, -0.2) is 28.8 Å². The topological polar surface area (TPSA) is 47.4 Å². The Labute approximate surface area is 148 Å². The minimum atomic E-state index is 0.0764. The van der Waals surface area contributed by atoms with Gasteiger partial charge in [-0.2, -0.15) is 5.10 Å². The van der Waals surface area contributed by atoms with Crippen molar-refractivity contribution in [3.8, 4) is 5.75 Å². The van der Waals surface area contributed by atoms with Crippen LogP contribution in [0.4, 0.5) is 5.69 Å². The molecular weight excluding hydrogens is 314 g/mol. The number of nitrogens with zero attached hydrogens (tertiary/aromatic N) is 3. The zero-order valence-electron chi connectivity index (χ0n) is 15.1. The van der Waals surface area contributed by atoms with Crippen molar-refractivity contribution >= 4 is 11.6 Å². The van der Waals surface area contributed by atoms with Gasteiger partial charge in [0.05, 0.1) is 13.3 Å². The summed E-state index contributed by atoms with van der Waals surface area (Å²) in [7, 11) is 3.58. The molecule has 0 unspecified atom stereocenters. The van der Waals surface area contributed by atoms with E-state index in [9.17, 15) is 4.79 Å². The summed E-state index contributed by atoms with van der Waals surface area (Å²) in [5.41, 5.74) is 2.15. The molecule has 2 fully saturated rings. The van der Waals surface area contributed by atoms with Gasteiger partial charge in [-0.3, -0.25) is 9.48 Å². The summed E-state index contributed by atoms with van der Waals surface area (Å²) < 4.78 is 7.06. The first-order chi connectivity index (χ1) is 12.1. The van der Waals surface area contributed by atoms with Gasteiger partial charge >= 0.3 is 0 Å². The molecule has 4 rings (SSSR count). The number of benzene rings is 1. The van der Waals surface area contributed by atoms with Crippen LogP contribution in [-0.2, 0) is 11.8 Å². The highest BCUT2D eigenvalue weighted by atomic mass is 16.5. The number of aromatic nitrogens is 2. The lowest BCUT2D eigenvalue weighted by atomic mass is 10.1. The number of hydrogen-bond acceptors (Lipinski definition) is 3. The molecule has 5 nitrogen and oxygen atoms in total. The van der Waals surface area contributed by atoms with E-state index in [4.69, 9.17) is 4.74 Å². The summed E-state index contributed by atoms with van der Waals surface area (Å²) in [5.74, 6) is 2.08. The van der Waals surface area contributed by atoms with Crippen molar-refractivity contribution < 1.29 is 9.53 Å². The zero-order valence-corrected chi connectivity index (χ0v) is 15.1. The highest BCUT2D eigenvalue weighted by molar-refractivity contribution is 5.98. The Kier molecular flexibility index (Phi) is 4.02. The lowest BCUT2D eigenvalue weighted by Crippen LogP contribution is -2.41. The number of hydrogen-bond donors (Lipinski definition) is 0. The fourth-order valence-electron chi connectivity index (χ4n) is 3.74. The fraction of sp³-hybridized carbons (Fsp3) is 0.500. The van der Waals surface area contributed by atoms with Crippen LogP contribution in [0.2, 0.25) is 0 Å². The predicted octanol–water partition coefficient (Wildman–Crippen LogP) is 3.36. The molecule has 2 saturated carbocycles. The van der Waals surface area contributed by atoms with Crippen LogP contribution in [0, 0.1) is 11.8 Å². The minimum absolute atomic E-state index is 0.0764. The number of carbonyl (C=O) groups is 1. The second-order valence-corrected chi connectivity index (χ2v) is 7.38. The minimum Gasteiger partial charge on any atom is -0.497 e. The van der Waals surface area contributed by atoms with E-state index >= 15 is 0 Å².